The zero-order valence-electron chi connectivity index (χ0n) is 24.8. The van der Waals surface area contributed by atoms with E-state index in [9.17, 15) is 0 Å². The molecule has 0 radical (unpaired) electrons. The lowest BCUT2D eigenvalue weighted by Gasteiger charge is -2.04. The van der Waals surface area contributed by atoms with Crippen LogP contribution in [0.1, 0.15) is 0 Å². The van der Waals surface area contributed by atoms with Gasteiger partial charge >= 0.3 is 0 Å². The van der Waals surface area contributed by atoms with E-state index in [2.05, 4.69) is 72.8 Å². The van der Waals surface area contributed by atoms with Crippen molar-refractivity contribution in [3.8, 4) is 22.3 Å². The Balaban J connectivity index is 1.11. The fourth-order valence-corrected chi connectivity index (χ4v) is 7.34. The molecule has 218 valence electrons. The van der Waals surface area contributed by atoms with Crippen LogP contribution in [0.3, 0.4) is 0 Å². The lowest BCUT2D eigenvalue weighted by Crippen LogP contribution is -1.82. The summed E-state index contributed by atoms with van der Waals surface area (Å²) in [5, 5.41) is 8.56. The number of furan rings is 3. The van der Waals surface area contributed by atoms with Gasteiger partial charge in [0.25, 0.3) is 0 Å². The predicted molar refractivity (Wildman–Crippen MR) is 190 cm³/mol. The molecule has 5 nitrogen and oxygen atoms in total. The largest absolute Gasteiger partial charge is 0.456 e. The van der Waals surface area contributed by atoms with Crippen LogP contribution in [0.4, 0.5) is 0 Å². The van der Waals surface area contributed by atoms with E-state index in [0.717, 1.165) is 110 Å². The predicted octanol–water partition coefficient (Wildman–Crippen LogP) is 11.8. The normalized spacial score (nSPS) is 12.3. The summed E-state index contributed by atoms with van der Waals surface area (Å²) in [5.74, 6) is 0. The zero-order valence-corrected chi connectivity index (χ0v) is 24.8. The summed E-state index contributed by atoms with van der Waals surface area (Å²) in [5.41, 5.74) is 10.7. The third kappa shape index (κ3) is 3.43. The summed E-state index contributed by atoms with van der Waals surface area (Å²) in [6.07, 6.45) is 3.73. The van der Waals surface area contributed by atoms with Gasteiger partial charge in [0, 0.05) is 55.8 Å². The molecule has 5 heteroatoms. The minimum atomic E-state index is 0.781. The zero-order chi connectivity index (χ0) is 30.6. The molecule has 11 rings (SSSR count). The maximum atomic E-state index is 6.60. The van der Waals surface area contributed by atoms with Crippen LogP contribution in [0.15, 0.2) is 147 Å². The van der Waals surface area contributed by atoms with Gasteiger partial charge in [-0.05, 0) is 70.4 Å². The Morgan fingerprint density at radius 1 is 0.362 bits per heavy atom. The van der Waals surface area contributed by atoms with Gasteiger partial charge in [-0.25, -0.2) is 0 Å². The summed E-state index contributed by atoms with van der Waals surface area (Å²) >= 11 is 0. The fourth-order valence-electron chi connectivity index (χ4n) is 7.34. The van der Waals surface area contributed by atoms with Gasteiger partial charge in [-0.3, -0.25) is 9.97 Å². The SMILES string of the molecule is c1ccc2c(c1)ccc1c3nccc(-c4ccc5oc6ccc(-c7ccnc8c7oc7c9ccccc9ccc87)cc6c5c4)c3oc21. The standard InChI is InChI=1S/C42H22N2O3/c1-3-7-27-23(5-1)9-13-31-37-41(46-39(27)31)29(17-19-43-37)25-11-15-35-33(21-25)34-22-26(12-16-36(34)45-35)30-18-20-44-38-32-14-10-24-6-2-4-8-28(24)40(32)47-42(30)38/h1-22H. The first-order valence-electron chi connectivity index (χ1n) is 15.6. The lowest BCUT2D eigenvalue weighted by atomic mass is 10.00. The molecular weight excluding hydrogens is 580 g/mol. The number of hydrogen-bond acceptors (Lipinski definition) is 5. The molecule has 0 aliphatic carbocycles. The number of pyridine rings is 2. The van der Waals surface area contributed by atoms with Crippen molar-refractivity contribution in [1.29, 1.82) is 0 Å². The van der Waals surface area contributed by atoms with Crippen LogP contribution in [0.25, 0.3) is 110 Å². The second-order valence-corrected chi connectivity index (χ2v) is 12.1. The molecule has 0 N–H and O–H groups in total. The first-order valence-corrected chi connectivity index (χ1v) is 15.6. The molecular formula is C42H22N2O3. The van der Waals surface area contributed by atoms with Crippen LogP contribution in [-0.4, -0.2) is 9.97 Å². The fraction of sp³-hybridized carbons (Fsp3) is 0. The van der Waals surface area contributed by atoms with Gasteiger partial charge in [-0.2, -0.15) is 0 Å². The molecule has 0 amide bonds. The monoisotopic (exact) mass is 602 g/mol. The molecule has 47 heavy (non-hydrogen) atoms. The molecule has 6 aromatic carbocycles. The van der Waals surface area contributed by atoms with Gasteiger partial charge in [0.15, 0.2) is 11.2 Å². The topological polar surface area (TPSA) is 65.2 Å². The molecule has 0 atom stereocenters. The Morgan fingerprint density at radius 2 is 0.851 bits per heavy atom. The summed E-state index contributed by atoms with van der Waals surface area (Å²) in [6, 6.07) is 41.8. The van der Waals surface area contributed by atoms with Crippen molar-refractivity contribution < 1.29 is 13.3 Å². The summed E-state index contributed by atoms with van der Waals surface area (Å²) in [4.78, 5) is 9.48. The van der Waals surface area contributed by atoms with Gasteiger partial charge < -0.3 is 13.3 Å². The summed E-state index contributed by atoms with van der Waals surface area (Å²) in [6.45, 7) is 0. The van der Waals surface area contributed by atoms with Gasteiger partial charge in [0.2, 0.25) is 0 Å². The Labute approximate surface area is 266 Å². The number of nitrogens with zero attached hydrogens (tertiary/aromatic N) is 2. The van der Waals surface area contributed by atoms with Gasteiger partial charge in [0.1, 0.15) is 33.4 Å². The van der Waals surface area contributed by atoms with E-state index in [1.54, 1.807) is 0 Å². The third-order valence-corrected chi connectivity index (χ3v) is 9.58. The smallest absolute Gasteiger partial charge is 0.161 e. The molecule has 0 fully saturated rings. The molecule has 5 heterocycles. The van der Waals surface area contributed by atoms with Crippen molar-refractivity contribution >= 4 is 87.6 Å². The molecule has 11 aromatic rings. The highest BCUT2D eigenvalue weighted by molar-refractivity contribution is 6.18. The van der Waals surface area contributed by atoms with E-state index >= 15 is 0 Å². The highest BCUT2D eigenvalue weighted by Crippen LogP contribution is 2.42. The number of aromatic nitrogens is 2. The van der Waals surface area contributed by atoms with E-state index in [4.69, 9.17) is 23.2 Å². The van der Waals surface area contributed by atoms with E-state index in [1.807, 2.05) is 60.9 Å². The van der Waals surface area contributed by atoms with E-state index in [0.29, 0.717) is 0 Å². The molecule has 0 saturated heterocycles. The molecule has 0 spiro atoms. The Hall–Kier alpha value is -6.46. The van der Waals surface area contributed by atoms with Gasteiger partial charge in [-0.15, -0.1) is 0 Å². The van der Waals surface area contributed by atoms with E-state index in [-0.39, 0.29) is 0 Å². The maximum absolute atomic E-state index is 6.60. The van der Waals surface area contributed by atoms with Crippen molar-refractivity contribution in [2.75, 3.05) is 0 Å². The molecule has 0 bridgehead atoms. The Bertz CT molecular complexity index is 2880. The van der Waals surface area contributed by atoms with Crippen LogP contribution in [-0.2, 0) is 0 Å². The first kappa shape index (κ1) is 24.8. The Morgan fingerprint density at radius 3 is 1.36 bits per heavy atom. The first-order chi connectivity index (χ1) is 23.3. The van der Waals surface area contributed by atoms with Crippen molar-refractivity contribution in [2.24, 2.45) is 0 Å². The van der Waals surface area contributed by atoms with E-state index in [1.165, 1.54) is 0 Å². The Kier molecular flexibility index (Phi) is 4.78. The van der Waals surface area contributed by atoms with Crippen LogP contribution in [0.5, 0.6) is 0 Å². The number of hydrogen-bond donors (Lipinski definition) is 0. The number of rotatable bonds is 2. The average Bonchev–Trinajstić information content (AvgIpc) is 3.82. The molecule has 0 aliphatic rings. The van der Waals surface area contributed by atoms with Crippen LogP contribution in [0.2, 0.25) is 0 Å². The van der Waals surface area contributed by atoms with Crippen molar-refractivity contribution in [3.63, 3.8) is 0 Å². The average molecular weight is 603 g/mol. The summed E-state index contributed by atoms with van der Waals surface area (Å²) < 4.78 is 19.5. The molecule has 0 aliphatic heterocycles. The highest BCUT2D eigenvalue weighted by Gasteiger charge is 2.19. The minimum Gasteiger partial charge on any atom is -0.456 e. The van der Waals surface area contributed by atoms with Crippen molar-refractivity contribution in [1.82, 2.24) is 9.97 Å². The number of benzene rings is 6. The maximum Gasteiger partial charge on any atom is 0.161 e. The quantitative estimate of drug-likeness (QED) is 0.197. The minimum absolute atomic E-state index is 0.781. The third-order valence-electron chi connectivity index (χ3n) is 9.58. The van der Waals surface area contributed by atoms with Crippen LogP contribution >= 0.6 is 0 Å². The van der Waals surface area contributed by atoms with E-state index < -0.39 is 0 Å². The highest BCUT2D eigenvalue weighted by atomic mass is 16.3. The van der Waals surface area contributed by atoms with Crippen molar-refractivity contribution in [3.05, 3.63) is 134 Å². The second-order valence-electron chi connectivity index (χ2n) is 12.1. The van der Waals surface area contributed by atoms with Gasteiger partial charge in [0.05, 0.1) is 0 Å². The van der Waals surface area contributed by atoms with Crippen molar-refractivity contribution in [2.45, 2.75) is 0 Å². The van der Waals surface area contributed by atoms with Crippen LogP contribution < -0.4 is 0 Å². The molecule has 0 saturated carbocycles. The second kappa shape index (κ2) is 9.05. The van der Waals surface area contributed by atoms with Gasteiger partial charge in [-0.1, -0.05) is 72.8 Å². The summed E-state index contributed by atoms with van der Waals surface area (Å²) in [7, 11) is 0. The molecule has 5 aromatic heterocycles. The number of fused-ring (bicyclic) bond motifs is 13. The van der Waals surface area contributed by atoms with Crippen LogP contribution in [0, 0.1) is 0 Å². The lowest BCUT2D eigenvalue weighted by molar-refractivity contribution is 0.668. The molecule has 0 unspecified atom stereocenters.